The summed E-state index contributed by atoms with van der Waals surface area (Å²) in [5.74, 6) is 1.33. The molecule has 0 unspecified atom stereocenters. The molecule has 0 aliphatic carbocycles. The smallest absolute Gasteiger partial charge is 0.163 e. The number of rotatable bonds is 9. The van der Waals surface area contributed by atoms with Crippen LogP contribution in [0.15, 0.2) is 60.7 Å². The molecule has 0 spiro atoms. The van der Waals surface area contributed by atoms with Gasteiger partial charge in [0.05, 0.1) is 17.3 Å². The first-order valence-electron chi connectivity index (χ1n) is 11.5. The van der Waals surface area contributed by atoms with Crippen molar-refractivity contribution in [2.75, 3.05) is 29.9 Å². The van der Waals surface area contributed by atoms with Crippen molar-refractivity contribution in [3.05, 3.63) is 81.8 Å². The van der Waals surface area contributed by atoms with E-state index < -0.39 is 0 Å². The maximum absolute atomic E-state index is 6.60. The standard InChI is InChI=1S/C27H30Cl2N2O2/c1-2-32-26-15-21(23(28)17-27(26)33-19-20-9-5-3-6-10-20)18-30-22-11-12-25(24(29)16-22)31-13-7-4-8-14-31/h3,5-6,9-12,15-17,30H,2,4,7-8,13-14,18-19H2,1H3. The predicted molar refractivity (Wildman–Crippen MR) is 138 cm³/mol. The molecule has 1 fully saturated rings. The fraction of sp³-hybridized carbons (Fsp3) is 0.333. The lowest BCUT2D eigenvalue weighted by Gasteiger charge is -2.29. The van der Waals surface area contributed by atoms with Crippen molar-refractivity contribution in [2.45, 2.75) is 39.3 Å². The Hall–Kier alpha value is -2.56. The first-order chi connectivity index (χ1) is 16.1. The van der Waals surface area contributed by atoms with Gasteiger partial charge < -0.3 is 19.7 Å². The van der Waals surface area contributed by atoms with E-state index in [1.165, 1.54) is 19.3 Å². The molecule has 0 bridgehead atoms. The van der Waals surface area contributed by atoms with E-state index in [0.29, 0.717) is 36.3 Å². The van der Waals surface area contributed by atoms with Crippen LogP contribution < -0.4 is 19.7 Å². The van der Waals surface area contributed by atoms with Crippen LogP contribution >= 0.6 is 23.2 Å². The van der Waals surface area contributed by atoms with Gasteiger partial charge in [0, 0.05) is 36.4 Å². The molecule has 0 aromatic heterocycles. The van der Waals surface area contributed by atoms with E-state index in [0.717, 1.165) is 40.6 Å². The molecule has 1 aliphatic heterocycles. The lowest BCUT2D eigenvalue weighted by atomic mass is 10.1. The number of halogens is 2. The van der Waals surface area contributed by atoms with Crippen molar-refractivity contribution in [1.82, 2.24) is 0 Å². The molecule has 0 saturated carbocycles. The Morgan fingerprint density at radius 1 is 0.848 bits per heavy atom. The van der Waals surface area contributed by atoms with E-state index in [1.54, 1.807) is 0 Å². The van der Waals surface area contributed by atoms with Crippen molar-refractivity contribution in [3.63, 3.8) is 0 Å². The molecule has 4 rings (SSSR count). The summed E-state index contributed by atoms with van der Waals surface area (Å²) in [5, 5.41) is 4.84. The second-order valence-electron chi connectivity index (χ2n) is 8.17. The van der Waals surface area contributed by atoms with Crippen LogP contribution in [-0.2, 0) is 13.2 Å². The van der Waals surface area contributed by atoms with Crippen LogP contribution in [0.4, 0.5) is 11.4 Å². The van der Waals surface area contributed by atoms with Gasteiger partial charge in [-0.25, -0.2) is 0 Å². The maximum Gasteiger partial charge on any atom is 0.163 e. The summed E-state index contributed by atoms with van der Waals surface area (Å²) in [7, 11) is 0. The molecule has 1 heterocycles. The summed E-state index contributed by atoms with van der Waals surface area (Å²) >= 11 is 13.2. The summed E-state index contributed by atoms with van der Waals surface area (Å²) in [6.07, 6.45) is 3.75. The monoisotopic (exact) mass is 484 g/mol. The molecule has 174 valence electrons. The lowest BCUT2D eigenvalue weighted by Crippen LogP contribution is -2.29. The third-order valence-corrected chi connectivity index (χ3v) is 6.43. The summed E-state index contributed by atoms with van der Waals surface area (Å²) in [5.41, 5.74) is 4.09. The third kappa shape index (κ3) is 6.27. The molecule has 1 aliphatic rings. The Morgan fingerprint density at radius 3 is 2.33 bits per heavy atom. The number of hydrogen-bond acceptors (Lipinski definition) is 4. The highest BCUT2D eigenvalue weighted by molar-refractivity contribution is 6.33. The molecule has 0 atom stereocenters. The van der Waals surface area contributed by atoms with Crippen molar-refractivity contribution in [3.8, 4) is 11.5 Å². The van der Waals surface area contributed by atoms with Crippen molar-refractivity contribution >= 4 is 34.6 Å². The van der Waals surface area contributed by atoms with Crippen LogP contribution in [0.25, 0.3) is 0 Å². The number of nitrogens with zero attached hydrogens (tertiary/aromatic N) is 1. The summed E-state index contributed by atoms with van der Waals surface area (Å²) in [6, 6.07) is 20.0. The van der Waals surface area contributed by atoms with Crippen LogP contribution in [-0.4, -0.2) is 19.7 Å². The molecular weight excluding hydrogens is 455 g/mol. The minimum atomic E-state index is 0.455. The number of benzene rings is 3. The molecule has 3 aromatic rings. The first-order valence-corrected chi connectivity index (χ1v) is 12.3. The SMILES string of the molecule is CCOc1cc(CNc2ccc(N3CCCCC3)c(Cl)c2)c(Cl)cc1OCc1ccccc1. The number of ether oxygens (including phenoxy) is 2. The number of nitrogens with one attached hydrogen (secondary N) is 1. The van der Waals surface area contributed by atoms with Crippen LogP contribution in [0, 0.1) is 0 Å². The largest absolute Gasteiger partial charge is 0.490 e. The third-order valence-electron chi connectivity index (χ3n) is 5.78. The minimum Gasteiger partial charge on any atom is -0.490 e. The zero-order chi connectivity index (χ0) is 23.0. The molecule has 33 heavy (non-hydrogen) atoms. The highest BCUT2D eigenvalue weighted by Gasteiger charge is 2.15. The van der Waals surface area contributed by atoms with Crippen molar-refractivity contribution < 1.29 is 9.47 Å². The topological polar surface area (TPSA) is 33.7 Å². The summed E-state index contributed by atoms with van der Waals surface area (Å²) in [4.78, 5) is 2.37. The summed E-state index contributed by atoms with van der Waals surface area (Å²) < 4.78 is 11.8. The van der Waals surface area contributed by atoms with Crippen LogP contribution in [0.3, 0.4) is 0 Å². The molecule has 4 nitrogen and oxygen atoms in total. The fourth-order valence-electron chi connectivity index (χ4n) is 4.03. The maximum atomic E-state index is 6.60. The number of hydrogen-bond donors (Lipinski definition) is 1. The van der Waals surface area contributed by atoms with Gasteiger partial charge in [0.2, 0.25) is 0 Å². The second-order valence-corrected chi connectivity index (χ2v) is 8.98. The number of piperidine rings is 1. The predicted octanol–water partition coefficient (Wildman–Crippen LogP) is 7.57. The second kappa shape index (κ2) is 11.5. The molecule has 6 heteroatoms. The molecule has 3 aromatic carbocycles. The highest BCUT2D eigenvalue weighted by Crippen LogP contribution is 2.35. The van der Waals surface area contributed by atoms with Gasteiger partial charge in [0.25, 0.3) is 0 Å². The summed E-state index contributed by atoms with van der Waals surface area (Å²) in [6.45, 7) is 5.65. The van der Waals surface area contributed by atoms with E-state index >= 15 is 0 Å². The minimum absolute atomic E-state index is 0.455. The van der Waals surface area contributed by atoms with Gasteiger partial charge in [-0.2, -0.15) is 0 Å². The van der Waals surface area contributed by atoms with E-state index in [2.05, 4.69) is 22.3 Å². The van der Waals surface area contributed by atoms with Gasteiger partial charge in [-0.05, 0) is 61.6 Å². The average molecular weight is 485 g/mol. The highest BCUT2D eigenvalue weighted by atomic mass is 35.5. The van der Waals surface area contributed by atoms with Crippen LogP contribution in [0.2, 0.25) is 10.0 Å². The molecule has 0 radical (unpaired) electrons. The van der Waals surface area contributed by atoms with E-state index in [4.69, 9.17) is 32.7 Å². The zero-order valence-corrected chi connectivity index (χ0v) is 20.5. The first kappa shape index (κ1) is 23.6. The Bertz CT molecular complexity index is 1050. The van der Waals surface area contributed by atoms with E-state index in [-0.39, 0.29) is 0 Å². The van der Waals surface area contributed by atoms with E-state index in [9.17, 15) is 0 Å². The van der Waals surface area contributed by atoms with Gasteiger partial charge in [0.1, 0.15) is 6.61 Å². The Balaban J connectivity index is 1.44. The zero-order valence-electron chi connectivity index (χ0n) is 18.9. The van der Waals surface area contributed by atoms with Gasteiger partial charge in [0.15, 0.2) is 11.5 Å². The Kier molecular flexibility index (Phi) is 8.25. The molecule has 1 N–H and O–H groups in total. The van der Waals surface area contributed by atoms with Gasteiger partial charge >= 0.3 is 0 Å². The quantitative estimate of drug-likeness (QED) is 0.339. The molecule has 1 saturated heterocycles. The Labute approximate surface area is 206 Å². The number of anilines is 2. The van der Waals surface area contributed by atoms with Gasteiger partial charge in [-0.1, -0.05) is 53.5 Å². The van der Waals surface area contributed by atoms with Crippen molar-refractivity contribution in [1.29, 1.82) is 0 Å². The van der Waals surface area contributed by atoms with Crippen molar-refractivity contribution in [2.24, 2.45) is 0 Å². The fourth-order valence-corrected chi connectivity index (χ4v) is 4.56. The normalized spacial score (nSPS) is 13.6. The Morgan fingerprint density at radius 2 is 1.61 bits per heavy atom. The molecular formula is C27H30Cl2N2O2. The average Bonchev–Trinajstić information content (AvgIpc) is 2.84. The lowest BCUT2D eigenvalue weighted by molar-refractivity contribution is 0.269. The van der Waals surface area contributed by atoms with Gasteiger partial charge in [-0.3, -0.25) is 0 Å². The van der Waals surface area contributed by atoms with Crippen LogP contribution in [0.1, 0.15) is 37.3 Å². The van der Waals surface area contributed by atoms with E-state index in [1.807, 2.05) is 55.5 Å². The van der Waals surface area contributed by atoms with Gasteiger partial charge in [-0.15, -0.1) is 0 Å². The molecule has 0 amide bonds. The van der Waals surface area contributed by atoms with Crippen LogP contribution in [0.5, 0.6) is 11.5 Å².